The molecule has 30 heavy (non-hydrogen) atoms. The lowest BCUT2D eigenvalue weighted by atomic mass is 9.97. The van der Waals surface area contributed by atoms with Crippen LogP contribution in [0.1, 0.15) is 42.1 Å². The van der Waals surface area contributed by atoms with Crippen molar-refractivity contribution in [2.75, 3.05) is 4.90 Å². The third-order valence-electron chi connectivity index (χ3n) is 6.21. The van der Waals surface area contributed by atoms with E-state index in [0.29, 0.717) is 40.5 Å². The minimum atomic E-state index is -0.589. The Morgan fingerprint density at radius 2 is 1.67 bits per heavy atom. The van der Waals surface area contributed by atoms with Crippen LogP contribution in [0.25, 0.3) is 11.2 Å². The Balaban J connectivity index is 1.55. The van der Waals surface area contributed by atoms with E-state index in [2.05, 4.69) is 19.9 Å². The normalized spacial score (nSPS) is 23.1. The van der Waals surface area contributed by atoms with Crippen LogP contribution in [-0.4, -0.2) is 42.5 Å². The number of rotatable bonds is 3. The number of aromatic nitrogens is 5. The maximum Gasteiger partial charge on any atom is 0.318 e. The third-order valence-corrected chi connectivity index (χ3v) is 6.42. The summed E-state index contributed by atoms with van der Waals surface area (Å²) in [5, 5.41) is 0.411. The average Bonchev–Trinajstić information content (AvgIpc) is 3.02. The molecule has 0 aliphatic carbocycles. The van der Waals surface area contributed by atoms with Gasteiger partial charge in [-0.3, -0.25) is 19.0 Å². The molecule has 10 heteroatoms. The van der Waals surface area contributed by atoms with Crippen molar-refractivity contribution in [3.63, 3.8) is 0 Å². The molecular weight excluding hydrogens is 408 g/mol. The first kappa shape index (κ1) is 18.9. The Morgan fingerprint density at radius 3 is 2.30 bits per heavy atom. The molecule has 0 aromatic carbocycles. The number of carbonyl (C=O) groups is 1. The van der Waals surface area contributed by atoms with E-state index in [1.807, 2.05) is 0 Å². The molecule has 3 aromatic heterocycles. The van der Waals surface area contributed by atoms with Crippen molar-refractivity contribution in [3.05, 3.63) is 56.0 Å². The van der Waals surface area contributed by atoms with Crippen molar-refractivity contribution in [1.82, 2.24) is 24.1 Å². The molecule has 5 rings (SSSR count). The Kier molecular flexibility index (Phi) is 4.43. The minimum absolute atomic E-state index is 0.147. The zero-order valence-electron chi connectivity index (χ0n) is 16.2. The van der Waals surface area contributed by atoms with Gasteiger partial charge in [0.25, 0.3) is 0 Å². The van der Waals surface area contributed by atoms with E-state index in [0.717, 1.165) is 19.1 Å². The maximum atomic E-state index is 12.9. The van der Waals surface area contributed by atoms with Gasteiger partial charge in [-0.05, 0) is 31.7 Å². The van der Waals surface area contributed by atoms with Crippen LogP contribution in [0, 0.1) is 0 Å². The lowest BCUT2D eigenvalue weighted by molar-refractivity contribution is 0.112. The lowest BCUT2D eigenvalue weighted by Gasteiger charge is -2.39. The fraction of sp³-hybridized carbons (Fsp3) is 0.400. The van der Waals surface area contributed by atoms with Gasteiger partial charge >= 0.3 is 11.1 Å². The van der Waals surface area contributed by atoms with Gasteiger partial charge in [-0.1, -0.05) is 11.6 Å². The van der Waals surface area contributed by atoms with Crippen LogP contribution >= 0.6 is 11.6 Å². The number of nitrogens with zero attached hydrogens (tertiary/aromatic N) is 6. The van der Waals surface area contributed by atoms with E-state index in [1.165, 1.54) is 23.2 Å². The highest BCUT2D eigenvalue weighted by Gasteiger charge is 2.43. The molecule has 2 fully saturated rings. The van der Waals surface area contributed by atoms with Crippen LogP contribution in [0.4, 0.5) is 5.95 Å². The summed E-state index contributed by atoms with van der Waals surface area (Å²) in [5.74, 6) is 0.595. The van der Waals surface area contributed by atoms with E-state index in [4.69, 9.17) is 11.6 Å². The van der Waals surface area contributed by atoms with Gasteiger partial charge in [-0.25, -0.2) is 15.0 Å². The summed E-state index contributed by atoms with van der Waals surface area (Å²) < 4.78 is 2.85. The van der Waals surface area contributed by atoms with Crippen molar-refractivity contribution in [2.45, 2.75) is 43.8 Å². The number of halogens is 1. The largest absolute Gasteiger partial charge is 0.335 e. The first-order chi connectivity index (χ1) is 14.5. The number of aldehydes is 1. The fourth-order valence-corrected chi connectivity index (χ4v) is 5.01. The van der Waals surface area contributed by atoms with E-state index in [-0.39, 0.29) is 18.1 Å². The van der Waals surface area contributed by atoms with Gasteiger partial charge in [0.15, 0.2) is 11.9 Å². The minimum Gasteiger partial charge on any atom is -0.335 e. The van der Waals surface area contributed by atoms with Gasteiger partial charge in [-0.2, -0.15) is 0 Å². The Morgan fingerprint density at radius 1 is 1.00 bits per heavy atom. The molecule has 3 aromatic rings. The van der Waals surface area contributed by atoms with Crippen LogP contribution < -0.4 is 16.0 Å². The number of pyridine rings is 1. The molecule has 2 aliphatic heterocycles. The molecule has 1 unspecified atom stereocenters. The van der Waals surface area contributed by atoms with E-state index < -0.39 is 11.1 Å². The summed E-state index contributed by atoms with van der Waals surface area (Å²) in [4.78, 5) is 51.7. The molecular formula is C20H19ClN6O3. The molecule has 5 heterocycles. The molecule has 0 N–H and O–H groups in total. The highest BCUT2D eigenvalue weighted by atomic mass is 35.5. The molecule has 3 atom stereocenters. The number of piperidine rings is 1. The lowest BCUT2D eigenvalue weighted by Crippen LogP contribution is -2.49. The Labute approximate surface area is 176 Å². The van der Waals surface area contributed by atoms with Crippen LogP contribution in [0.5, 0.6) is 0 Å². The number of hydrogen-bond acceptors (Lipinski definition) is 7. The van der Waals surface area contributed by atoms with Crippen molar-refractivity contribution in [2.24, 2.45) is 7.05 Å². The van der Waals surface area contributed by atoms with Crippen molar-refractivity contribution in [1.29, 1.82) is 0 Å². The van der Waals surface area contributed by atoms with Crippen molar-refractivity contribution >= 4 is 35.0 Å². The number of carbonyl (C=O) groups excluding carboxylic acids is 1. The molecule has 0 amide bonds. The summed E-state index contributed by atoms with van der Waals surface area (Å²) in [6, 6.07) is 1.81. The summed E-state index contributed by atoms with van der Waals surface area (Å²) in [6.45, 7) is 0. The number of fused-ring (bicyclic) bond motifs is 3. The third kappa shape index (κ3) is 2.84. The second kappa shape index (κ2) is 7.02. The fourth-order valence-electron chi connectivity index (χ4n) is 4.86. The summed E-state index contributed by atoms with van der Waals surface area (Å²) >= 11 is 6.08. The van der Waals surface area contributed by atoms with E-state index in [9.17, 15) is 14.4 Å². The predicted molar refractivity (Wildman–Crippen MR) is 111 cm³/mol. The van der Waals surface area contributed by atoms with E-state index >= 15 is 0 Å². The highest BCUT2D eigenvalue weighted by Crippen LogP contribution is 2.42. The molecule has 154 valence electrons. The van der Waals surface area contributed by atoms with Crippen molar-refractivity contribution in [3.8, 4) is 0 Å². The second-order valence-electron chi connectivity index (χ2n) is 7.89. The van der Waals surface area contributed by atoms with Crippen LogP contribution in [-0.2, 0) is 7.05 Å². The molecule has 2 aliphatic rings. The zero-order chi connectivity index (χ0) is 21.0. The molecule has 0 radical (unpaired) electrons. The van der Waals surface area contributed by atoms with Gasteiger partial charge < -0.3 is 9.47 Å². The SMILES string of the molecule is Cn1c(=O)c(=O)n(C2C[C@H]3CC[C@@H](C2)N3c2ncc(C=O)cn2)c2ncc(Cl)cc21. The van der Waals surface area contributed by atoms with Gasteiger partial charge in [0.05, 0.1) is 16.1 Å². The van der Waals surface area contributed by atoms with E-state index in [1.54, 1.807) is 17.7 Å². The van der Waals surface area contributed by atoms with Crippen molar-refractivity contribution < 1.29 is 4.79 Å². The zero-order valence-corrected chi connectivity index (χ0v) is 17.0. The summed E-state index contributed by atoms with van der Waals surface area (Å²) in [5.41, 5.74) is 0.285. The molecule has 0 spiro atoms. The first-order valence-corrected chi connectivity index (χ1v) is 10.2. The monoisotopic (exact) mass is 426 g/mol. The Bertz CT molecular complexity index is 1250. The smallest absolute Gasteiger partial charge is 0.318 e. The van der Waals surface area contributed by atoms with Gasteiger partial charge in [-0.15, -0.1) is 0 Å². The van der Waals surface area contributed by atoms with Crippen LogP contribution in [0.15, 0.2) is 34.2 Å². The quantitative estimate of drug-likeness (QED) is 0.464. The standard InChI is InChI=1S/C20H19ClN6O3/c1-25-16-4-12(21)9-22-17(16)27(19(30)18(25)29)15-5-13-2-3-14(6-15)26(13)20-23-7-11(10-28)8-24-20/h4,7-10,13-15H,2-3,5-6H2,1H3/t13-,14+,15?. The first-order valence-electron chi connectivity index (χ1n) is 9.80. The Hall–Kier alpha value is -3.07. The topological polar surface area (TPSA) is 103 Å². The molecule has 2 saturated heterocycles. The summed E-state index contributed by atoms with van der Waals surface area (Å²) in [7, 11) is 1.56. The summed E-state index contributed by atoms with van der Waals surface area (Å²) in [6.07, 6.45) is 8.53. The van der Waals surface area contributed by atoms with Crippen LogP contribution in [0.3, 0.4) is 0 Å². The molecule has 0 saturated carbocycles. The van der Waals surface area contributed by atoms with Gasteiger partial charge in [0.1, 0.15) is 0 Å². The van der Waals surface area contributed by atoms with Crippen LogP contribution in [0.2, 0.25) is 5.02 Å². The number of hydrogen-bond donors (Lipinski definition) is 0. The number of anilines is 1. The predicted octanol–water partition coefficient (Wildman–Crippen LogP) is 1.72. The number of aryl methyl sites for hydroxylation is 1. The van der Waals surface area contributed by atoms with Gasteiger partial charge in [0, 0.05) is 43.8 Å². The molecule has 9 nitrogen and oxygen atoms in total. The maximum absolute atomic E-state index is 12.9. The van der Waals surface area contributed by atoms with Gasteiger partial charge in [0.2, 0.25) is 5.95 Å². The molecule has 2 bridgehead atoms. The average molecular weight is 427 g/mol. The highest BCUT2D eigenvalue weighted by molar-refractivity contribution is 6.31. The second-order valence-corrected chi connectivity index (χ2v) is 8.32.